The van der Waals surface area contributed by atoms with Gasteiger partial charge in [0.2, 0.25) is 0 Å². The van der Waals surface area contributed by atoms with Crippen LogP contribution in [-0.2, 0) is 0 Å². The topological polar surface area (TPSA) is 50.2 Å². The third-order valence-electron chi connectivity index (χ3n) is 1.74. The number of pyridine rings is 1. The molecule has 0 aromatic carbocycles. The van der Waals surface area contributed by atoms with E-state index < -0.39 is 22.9 Å². The fourth-order valence-corrected chi connectivity index (χ4v) is 1.26. The van der Waals surface area contributed by atoms with Gasteiger partial charge in [-0.15, -0.1) is 0 Å². The van der Waals surface area contributed by atoms with E-state index in [-0.39, 0.29) is 11.3 Å². The molecule has 1 rings (SSSR count). The van der Waals surface area contributed by atoms with Crippen LogP contribution in [0.4, 0.5) is 8.78 Å². The number of halogens is 3. The summed E-state index contributed by atoms with van der Waals surface area (Å²) in [7, 11) is 0. The largest absolute Gasteiger partial charge is 0.506 e. The predicted octanol–water partition coefficient (Wildman–Crippen LogP) is 2.41. The van der Waals surface area contributed by atoms with Gasteiger partial charge in [0.15, 0.2) is 0 Å². The summed E-state index contributed by atoms with van der Waals surface area (Å²) >= 11 is 5.11. The van der Waals surface area contributed by atoms with E-state index in [1.54, 1.807) is 0 Å². The van der Waals surface area contributed by atoms with Crippen molar-refractivity contribution in [1.82, 2.24) is 4.98 Å². The molecule has 1 heterocycles. The smallest absolute Gasteiger partial charge is 0.281 e. The van der Waals surface area contributed by atoms with Gasteiger partial charge < -0.3 is 5.11 Å². The monoisotopic (exact) mass is 221 g/mol. The van der Waals surface area contributed by atoms with Gasteiger partial charge in [-0.1, -0.05) is 0 Å². The van der Waals surface area contributed by atoms with Crippen molar-refractivity contribution in [1.29, 1.82) is 0 Å². The molecule has 76 valence electrons. The Hall–Kier alpha value is -1.23. The van der Waals surface area contributed by atoms with Gasteiger partial charge in [0, 0.05) is 5.56 Å². The SMILES string of the molecule is Cc1c(O)cnc(C(F)F)c1C(=O)Cl. The first-order valence-corrected chi connectivity index (χ1v) is 3.99. The van der Waals surface area contributed by atoms with Crippen molar-refractivity contribution in [3.63, 3.8) is 0 Å². The van der Waals surface area contributed by atoms with Gasteiger partial charge in [-0.2, -0.15) is 0 Å². The summed E-state index contributed by atoms with van der Waals surface area (Å²) in [6.07, 6.45) is -2.04. The van der Waals surface area contributed by atoms with E-state index in [9.17, 15) is 13.6 Å². The molecular weight excluding hydrogens is 216 g/mol. The van der Waals surface area contributed by atoms with Crippen LogP contribution in [0.3, 0.4) is 0 Å². The van der Waals surface area contributed by atoms with Gasteiger partial charge in [0.05, 0.1) is 11.8 Å². The van der Waals surface area contributed by atoms with Gasteiger partial charge in [0.25, 0.3) is 11.7 Å². The van der Waals surface area contributed by atoms with Crippen LogP contribution in [0.15, 0.2) is 6.20 Å². The molecule has 6 heteroatoms. The molecular formula is C8H6ClF2NO2. The third-order valence-corrected chi connectivity index (χ3v) is 1.93. The average Bonchev–Trinajstić information content (AvgIpc) is 2.08. The Balaban J connectivity index is 3.45. The Kier molecular flexibility index (Phi) is 3.00. The van der Waals surface area contributed by atoms with E-state index in [1.165, 1.54) is 6.92 Å². The first kappa shape index (κ1) is 10.8. The van der Waals surface area contributed by atoms with E-state index in [0.717, 1.165) is 6.20 Å². The first-order valence-electron chi connectivity index (χ1n) is 3.61. The summed E-state index contributed by atoms with van der Waals surface area (Å²) < 4.78 is 24.7. The second-order valence-electron chi connectivity index (χ2n) is 2.60. The van der Waals surface area contributed by atoms with Crippen molar-refractivity contribution in [2.24, 2.45) is 0 Å². The number of hydrogen-bond acceptors (Lipinski definition) is 3. The number of carbonyl (C=O) groups is 1. The van der Waals surface area contributed by atoms with Crippen LogP contribution in [0.25, 0.3) is 0 Å². The molecule has 0 fully saturated rings. The Morgan fingerprint density at radius 1 is 1.64 bits per heavy atom. The normalized spacial score (nSPS) is 10.6. The molecule has 0 aliphatic heterocycles. The lowest BCUT2D eigenvalue weighted by molar-refractivity contribution is 0.106. The molecule has 0 radical (unpaired) electrons. The Bertz CT molecular complexity index is 382. The van der Waals surface area contributed by atoms with Crippen LogP contribution in [0.5, 0.6) is 5.75 Å². The predicted molar refractivity (Wildman–Crippen MR) is 45.8 cm³/mol. The highest BCUT2D eigenvalue weighted by Gasteiger charge is 2.22. The second kappa shape index (κ2) is 3.88. The van der Waals surface area contributed by atoms with E-state index >= 15 is 0 Å². The fourth-order valence-electron chi connectivity index (χ4n) is 1.03. The van der Waals surface area contributed by atoms with Crippen molar-refractivity contribution in [2.45, 2.75) is 13.3 Å². The van der Waals surface area contributed by atoms with Crippen molar-refractivity contribution in [3.8, 4) is 5.75 Å². The lowest BCUT2D eigenvalue weighted by Crippen LogP contribution is -2.04. The molecule has 0 amide bonds. The van der Waals surface area contributed by atoms with E-state index in [1.807, 2.05) is 0 Å². The Labute approximate surface area is 83.3 Å². The van der Waals surface area contributed by atoms with Crippen LogP contribution in [0.2, 0.25) is 0 Å². The molecule has 0 atom stereocenters. The zero-order chi connectivity index (χ0) is 10.9. The molecule has 0 saturated carbocycles. The third kappa shape index (κ3) is 1.82. The number of aromatic nitrogens is 1. The maximum Gasteiger partial charge on any atom is 0.281 e. The standard InChI is InChI=1S/C8H6ClF2NO2/c1-3-4(13)2-12-6(8(10)11)5(3)7(9)14/h2,8,13H,1H3. The summed E-state index contributed by atoms with van der Waals surface area (Å²) in [4.78, 5) is 14.1. The van der Waals surface area contributed by atoms with Gasteiger partial charge >= 0.3 is 0 Å². The molecule has 0 spiro atoms. The molecule has 0 aliphatic rings. The zero-order valence-electron chi connectivity index (χ0n) is 7.09. The summed E-state index contributed by atoms with van der Waals surface area (Å²) in [5.41, 5.74) is -1.13. The number of alkyl halides is 2. The van der Waals surface area contributed by atoms with Crippen molar-refractivity contribution in [3.05, 3.63) is 23.0 Å². The van der Waals surface area contributed by atoms with Gasteiger partial charge in [0.1, 0.15) is 11.4 Å². The number of rotatable bonds is 2. The highest BCUT2D eigenvalue weighted by molar-refractivity contribution is 6.68. The van der Waals surface area contributed by atoms with E-state index in [0.29, 0.717) is 0 Å². The number of carbonyl (C=O) groups excluding carboxylic acids is 1. The number of nitrogens with zero attached hydrogens (tertiary/aromatic N) is 1. The van der Waals surface area contributed by atoms with Crippen LogP contribution >= 0.6 is 11.6 Å². The number of hydrogen-bond donors (Lipinski definition) is 1. The van der Waals surface area contributed by atoms with Crippen LogP contribution in [0, 0.1) is 6.92 Å². The Morgan fingerprint density at radius 2 is 2.21 bits per heavy atom. The highest BCUT2D eigenvalue weighted by Crippen LogP contribution is 2.28. The van der Waals surface area contributed by atoms with Crippen molar-refractivity contribution >= 4 is 16.8 Å². The molecule has 14 heavy (non-hydrogen) atoms. The maximum atomic E-state index is 12.3. The molecule has 1 aromatic rings. The number of aromatic hydroxyl groups is 1. The lowest BCUT2D eigenvalue weighted by Gasteiger charge is -2.08. The minimum Gasteiger partial charge on any atom is -0.506 e. The van der Waals surface area contributed by atoms with Crippen LogP contribution < -0.4 is 0 Å². The Morgan fingerprint density at radius 3 is 2.64 bits per heavy atom. The van der Waals surface area contributed by atoms with E-state index in [2.05, 4.69) is 4.98 Å². The molecule has 0 aliphatic carbocycles. The molecule has 0 bridgehead atoms. The molecule has 3 nitrogen and oxygen atoms in total. The van der Waals surface area contributed by atoms with Gasteiger partial charge in [-0.3, -0.25) is 9.78 Å². The lowest BCUT2D eigenvalue weighted by atomic mass is 10.1. The summed E-state index contributed by atoms with van der Waals surface area (Å²) in [6, 6.07) is 0. The minimum atomic E-state index is -2.90. The quantitative estimate of drug-likeness (QED) is 0.781. The van der Waals surface area contributed by atoms with Crippen molar-refractivity contribution < 1.29 is 18.7 Å². The van der Waals surface area contributed by atoms with Gasteiger partial charge in [-0.05, 0) is 18.5 Å². The van der Waals surface area contributed by atoms with Crippen molar-refractivity contribution in [2.75, 3.05) is 0 Å². The second-order valence-corrected chi connectivity index (χ2v) is 2.95. The molecule has 0 unspecified atom stereocenters. The van der Waals surface area contributed by atoms with Crippen LogP contribution in [-0.4, -0.2) is 15.3 Å². The van der Waals surface area contributed by atoms with Gasteiger partial charge in [-0.25, -0.2) is 8.78 Å². The zero-order valence-corrected chi connectivity index (χ0v) is 7.85. The fraction of sp³-hybridized carbons (Fsp3) is 0.250. The minimum absolute atomic E-state index is 0.00954. The average molecular weight is 222 g/mol. The summed E-state index contributed by atoms with van der Waals surface area (Å²) in [5.74, 6) is -0.335. The molecule has 1 aromatic heterocycles. The summed E-state index contributed by atoms with van der Waals surface area (Å²) in [5, 5.41) is 8.08. The molecule has 0 saturated heterocycles. The maximum absolute atomic E-state index is 12.3. The van der Waals surface area contributed by atoms with Crippen LogP contribution in [0.1, 0.15) is 28.0 Å². The van der Waals surface area contributed by atoms with E-state index in [4.69, 9.17) is 16.7 Å². The molecule has 1 N–H and O–H groups in total. The highest BCUT2D eigenvalue weighted by atomic mass is 35.5. The first-order chi connectivity index (χ1) is 6.45. The summed E-state index contributed by atoms with van der Waals surface area (Å²) in [6.45, 7) is 1.32.